The van der Waals surface area contributed by atoms with Crippen molar-refractivity contribution in [1.29, 1.82) is 5.41 Å². The zero-order valence-electron chi connectivity index (χ0n) is 19.1. The van der Waals surface area contributed by atoms with E-state index in [2.05, 4.69) is 5.32 Å². The van der Waals surface area contributed by atoms with Crippen LogP contribution < -0.4 is 16.4 Å². The summed E-state index contributed by atoms with van der Waals surface area (Å²) in [6, 6.07) is 15.1. The number of pyridine rings is 2. The lowest BCUT2D eigenvalue weighted by Gasteiger charge is -2.17. The van der Waals surface area contributed by atoms with Gasteiger partial charge in [0.2, 0.25) is 0 Å². The molecule has 2 N–H and O–H groups in total. The maximum atomic E-state index is 13.4. The van der Waals surface area contributed by atoms with Gasteiger partial charge >= 0.3 is 0 Å². The van der Waals surface area contributed by atoms with E-state index in [9.17, 15) is 9.59 Å². The third kappa shape index (κ3) is 4.24. The zero-order chi connectivity index (χ0) is 23.7. The summed E-state index contributed by atoms with van der Waals surface area (Å²) in [7, 11) is 0. The number of aromatic nitrogens is 3. The van der Waals surface area contributed by atoms with Gasteiger partial charge in [-0.25, -0.2) is 4.98 Å². The number of benzene rings is 1. The molecule has 1 atom stereocenters. The summed E-state index contributed by atoms with van der Waals surface area (Å²) in [5.74, 6) is -0.377. The van der Waals surface area contributed by atoms with Crippen LogP contribution in [0, 0.1) is 12.3 Å². The molecule has 0 radical (unpaired) electrons. The van der Waals surface area contributed by atoms with Gasteiger partial charge in [0.25, 0.3) is 11.5 Å². The third-order valence-electron chi connectivity index (χ3n) is 6.25. The Morgan fingerprint density at radius 1 is 1.24 bits per heavy atom. The Morgan fingerprint density at radius 3 is 2.82 bits per heavy atom. The lowest BCUT2D eigenvalue weighted by atomic mass is 10.1. The van der Waals surface area contributed by atoms with Crippen molar-refractivity contribution >= 4 is 22.6 Å². The molecule has 0 aliphatic carbocycles. The maximum absolute atomic E-state index is 13.4. The van der Waals surface area contributed by atoms with Gasteiger partial charge in [-0.15, -0.1) is 0 Å². The molecule has 8 heteroatoms. The Labute approximate surface area is 196 Å². The van der Waals surface area contributed by atoms with Gasteiger partial charge in [-0.1, -0.05) is 36.4 Å². The van der Waals surface area contributed by atoms with Crippen molar-refractivity contribution in [1.82, 2.24) is 19.3 Å². The number of rotatable bonds is 6. The summed E-state index contributed by atoms with van der Waals surface area (Å²) in [5.41, 5.74) is 2.87. The molecule has 1 aromatic carbocycles. The molecule has 0 bridgehead atoms. The van der Waals surface area contributed by atoms with Crippen molar-refractivity contribution in [3.8, 4) is 0 Å². The van der Waals surface area contributed by atoms with Gasteiger partial charge in [-0.2, -0.15) is 0 Å². The molecule has 5 rings (SSSR count). The number of nitrogens with one attached hydrogen (secondary N) is 2. The molecule has 1 saturated heterocycles. The van der Waals surface area contributed by atoms with Gasteiger partial charge < -0.3 is 14.6 Å². The van der Waals surface area contributed by atoms with Gasteiger partial charge in [-0.3, -0.25) is 19.4 Å². The van der Waals surface area contributed by atoms with Crippen LogP contribution in [0.1, 0.15) is 34.3 Å². The number of carbonyl (C=O) groups is 1. The number of aryl methyl sites for hydroxylation is 1. The molecule has 174 valence electrons. The van der Waals surface area contributed by atoms with E-state index in [0.717, 1.165) is 24.0 Å². The van der Waals surface area contributed by atoms with Crippen LogP contribution in [0.4, 0.5) is 0 Å². The van der Waals surface area contributed by atoms with E-state index in [1.54, 1.807) is 16.8 Å². The first kappa shape index (κ1) is 22.0. The molecule has 1 amide bonds. The quantitative estimate of drug-likeness (QED) is 0.435. The minimum atomic E-state index is -0.377. The largest absolute Gasteiger partial charge is 0.376 e. The minimum Gasteiger partial charge on any atom is -0.376 e. The van der Waals surface area contributed by atoms with E-state index in [-0.39, 0.29) is 28.6 Å². The lowest BCUT2D eigenvalue weighted by Crippen LogP contribution is -2.37. The van der Waals surface area contributed by atoms with Gasteiger partial charge in [0, 0.05) is 19.3 Å². The van der Waals surface area contributed by atoms with Gasteiger partial charge in [-0.05, 0) is 49.4 Å². The number of ether oxygens (including phenoxy) is 1. The SMILES string of the molecule is Cc1ccc2nc3c(cc(C(=O)NCCc4ccccc4)c(=N)n3C[C@@H]3CCCO3)c(=O)n2c1. The first-order valence-electron chi connectivity index (χ1n) is 11.6. The van der Waals surface area contributed by atoms with E-state index in [1.807, 2.05) is 43.3 Å². The summed E-state index contributed by atoms with van der Waals surface area (Å²) in [5, 5.41) is 12.1. The van der Waals surface area contributed by atoms with E-state index >= 15 is 0 Å². The van der Waals surface area contributed by atoms with Crippen LogP contribution in [0.3, 0.4) is 0 Å². The van der Waals surface area contributed by atoms with Crippen LogP contribution in [0.15, 0.2) is 59.5 Å². The van der Waals surface area contributed by atoms with E-state index in [4.69, 9.17) is 15.1 Å². The first-order chi connectivity index (χ1) is 16.5. The highest BCUT2D eigenvalue weighted by atomic mass is 16.5. The first-order valence-corrected chi connectivity index (χ1v) is 11.6. The number of fused-ring (bicyclic) bond motifs is 2. The average molecular weight is 458 g/mol. The molecule has 4 aromatic rings. The molecular weight excluding hydrogens is 430 g/mol. The van der Waals surface area contributed by atoms with E-state index in [1.165, 1.54) is 10.5 Å². The molecule has 0 spiro atoms. The van der Waals surface area contributed by atoms with Crippen molar-refractivity contribution in [2.24, 2.45) is 0 Å². The summed E-state index contributed by atoms with van der Waals surface area (Å²) >= 11 is 0. The van der Waals surface area contributed by atoms with Crippen LogP contribution >= 0.6 is 0 Å². The third-order valence-corrected chi connectivity index (χ3v) is 6.25. The lowest BCUT2D eigenvalue weighted by molar-refractivity contribution is 0.0933. The number of hydrogen-bond donors (Lipinski definition) is 2. The maximum Gasteiger partial charge on any atom is 0.267 e. The van der Waals surface area contributed by atoms with E-state index < -0.39 is 0 Å². The fraction of sp³-hybridized carbons (Fsp3) is 0.308. The molecule has 1 aliphatic rings. The predicted molar refractivity (Wildman–Crippen MR) is 129 cm³/mol. The summed E-state index contributed by atoms with van der Waals surface area (Å²) in [6.45, 7) is 3.38. The van der Waals surface area contributed by atoms with Crippen molar-refractivity contribution in [2.45, 2.75) is 38.8 Å². The summed E-state index contributed by atoms with van der Waals surface area (Å²) in [6.07, 6.45) is 4.16. The fourth-order valence-corrected chi connectivity index (χ4v) is 4.45. The smallest absolute Gasteiger partial charge is 0.267 e. The number of amides is 1. The average Bonchev–Trinajstić information content (AvgIpc) is 3.35. The highest BCUT2D eigenvalue weighted by Crippen LogP contribution is 2.17. The zero-order valence-corrected chi connectivity index (χ0v) is 19.1. The van der Waals surface area contributed by atoms with Crippen molar-refractivity contribution < 1.29 is 9.53 Å². The Hall–Kier alpha value is -3.78. The Balaban J connectivity index is 1.58. The number of carbonyl (C=O) groups excluding carboxylic acids is 1. The van der Waals surface area contributed by atoms with Gasteiger partial charge in [0.15, 0.2) is 0 Å². The highest BCUT2D eigenvalue weighted by Gasteiger charge is 2.22. The van der Waals surface area contributed by atoms with E-state index in [0.29, 0.717) is 42.8 Å². The topological polar surface area (TPSA) is 101 Å². The molecule has 1 fully saturated rings. The Morgan fingerprint density at radius 2 is 2.06 bits per heavy atom. The second-order valence-electron chi connectivity index (χ2n) is 8.73. The molecule has 3 aromatic heterocycles. The van der Waals surface area contributed by atoms with Crippen LogP contribution in [-0.4, -0.2) is 39.1 Å². The normalized spacial score (nSPS) is 15.7. The standard InChI is InChI=1S/C26H27N5O3/c1-17-9-10-22-29-24-21(26(33)30(22)15-17)14-20(23(27)31(24)16-19-8-5-13-34-19)25(32)28-12-11-18-6-3-2-4-7-18/h2-4,6-7,9-10,14-15,19,27H,5,8,11-13,16H2,1H3,(H,28,32)/t19-/m0/s1. The molecule has 1 aliphatic heterocycles. The molecule has 0 saturated carbocycles. The van der Waals surface area contributed by atoms with Crippen LogP contribution in [0.25, 0.3) is 16.7 Å². The van der Waals surface area contributed by atoms with Crippen molar-refractivity contribution in [3.63, 3.8) is 0 Å². The second kappa shape index (κ2) is 9.23. The minimum absolute atomic E-state index is 0.0311. The monoisotopic (exact) mass is 457 g/mol. The number of nitrogens with zero attached hydrogens (tertiary/aromatic N) is 3. The predicted octanol–water partition coefficient (Wildman–Crippen LogP) is 2.59. The summed E-state index contributed by atoms with van der Waals surface area (Å²) < 4.78 is 8.94. The fourth-order valence-electron chi connectivity index (χ4n) is 4.45. The molecule has 4 heterocycles. The number of hydrogen-bond acceptors (Lipinski definition) is 5. The molecular formula is C26H27N5O3. The van der Waals surface area contributed by atoms with Crippen LogP contribution in [-0.2, 0) is 17.7 Å². The Bertz CT molecular complexity index is 1480. The van der Waals surface area contributed by atoms with Crippen LogP contribution in [0.5, 0.6) is 0 Å². The Kier molecular flexibility index (Phi) is 5.98. The van der Waals surface area contributed by atoms with Gasteiger partial charge in [0.05, 0.1) is 23.6 Å². The van der Waals surface area contributed by atoms with Crippen molar-refractivity contribution in [2.75, 3.05) is 13.2 Å². The van der Waals surface area contributed by atoms with Gasteiger partial charge in [0.1, 0.15) is 16.8 Å². The molecule has 34 heavy (non-hydrogen) atoms. The molecule has 8 nitrogen and oxygen atoms in total. The van der Waals surface area contributed by atoms with Crippen molar-refractivity contribution in [3.05, 3.63) is 87.3 Å². The van der Waals surface area contributed by atoms with Crippen LogP contribution in [0.2, 0.25) is 0 Å². The summed E-state index contributed by atoms with van der Waals surface area (Å²) in [4.78, 5) is 31.2. The second-order valence-corrected chi connectivity index (χ2v) is 8.73. The molecule has 0 unspecified atom stereocenters. The highest BCUT2D eigenvalue weighted by molar-refractivity contribution is 5.96.